The van der Waals surface area contributed by atoms with E-state index in [9.17, 15) is 13.6 Å². The van der Waals surface area contributed by atoms with Gasteiger partial charge in [-0.1, -0.05) is 12.1 Å². The third kappa shape index (κ3) is 6.99. The Morgan fingerprint density at radius 3 is 2.37 bits per heavy atom. The first-order chi connectivity index (χ1) is 19.8. The summed E-state index contributed by atoms with van der Waals surface area (Å²) in [6.07, 6.45) is 0.407. The van der Waals surface area contributed by atoms with Crippen molar-refractivity contribution in [3.8, 4) is 5.95 Å². The van der Waals surface area contributed by atoms with E-state index in [1.54, 1.807) is 36.2 Å². The van der Waals surface area contributed by atoms with Crippen molar-refractivity contribution in [1.82, 2.24) is 39.6 Å². The maximum Gasteiger partial charge on any atom is 0.317 e. The Hall–Kier alpha value is -3.65. The summed E-state index contributed by atoms with van der Waals surface area (Å²) < 4.78 is 35.0. The number of benzene rings is 1. The highest BCUT2D eigenvalue weighted by Gasteiger charge is 2.27. The van der Waals surface area contributed by atoms with Crippen LogP contribution >= 0.6 is 0 Å². The van der Waals surface area contributed by atoms with E-state index >= 15 is 0 Å². The highest BCUT2D eigenvalue weighted by atomic mass is 19.3. The zero-order chi connectivity index (χ0) is 28.9. The van der Waals surface area contributed by atoms with E-state index in [1.807, 2.05) is 23.9 Å². The number of fused-ring (bicyclic) bond motifs is 1. The van der Waals surface area contributed by atoms with Gasteiger partial charge in [-0.15, -0.1) is 0 Å². The van der Waals surface area contributed by atoms with Crippen molar-refractivity contribution in [2.24, 2.45) is 0 Å². The lowest BCUT2D eigenvalue weighted by atomic mass is 9.91. The van der Waals surface area contributed by atoms with E-state index in [1.165, 1.54) is 4.57 Å². The molecule has 1 aliphatic carbocycles. The number of hydrogen-bond donors (Lipinski definition) is 2. The molecule has 5 rings (SSSR count). The number of hydrogen-bond acceptors (Lipinski definition) is 9. The fourth-order valence-corrected chi connectivity index (χ4v) is 5.13. The molecule has 1 aromatic carbocycles. The highest BCUT2D eigenvalue weighted by Crippen LogP contribution is 2.28. The SMILES string of the molecule is CN(C)CCN(C)C(=O)NC1CCC(Nc2nc(N3CCOCC3)nc(-n3c(C(F)F)nc4ccccc43)n2)CC1. The lowest BCUT2D eigenvalue weighted by Crippen LogP contribution is -2.47. The summed E-state index contributed by atoms with van der Waals surface area (Å²) in [5, 5.41) is 6.56. The minimum absolute atomic E-state index is 0.0662. The molecule has 0 radical (unpaired) electrons. The molecule has 2 N–H and O–H groups in total. The number of urea groups is 1. The summed E-state index contributed by atoms with van der Waals surface area (Å²) >= 11 is 0. The number of amides is 2. The summed E-state index contributed by atoms with van der Waals surface area (Å²) in [5.74, 6) is 0.406. The van der Waals surface area contributed by atoms with Gasteiger partial charge in [0.2, 0.25) is 17.8 Å². The van der Waals surface area contributed by atoms with E-state index in [0.717, 1.165) is 32.2 Å². The first kappa shape index (κ1) is 28.9. The van der Waals surface area contributed by atoms with Crippen molar-refractivity contribution < 1.29 is 18.3 Å². The zero-order valence-electron chi connectivity index (χ0n) is 23.8. The molecule has 3 heterocycles. The predicted molar refractivity (Wildman–Crippen MR) is 152 cm³/mol. The molecular weight excluding hydrogens is 534 g/mol. The van der Waals surface area contributed by atoms with Crippen LogP contribution in [0.25, 0.3) is 17.0 Å². The predicted octanol–water partition coefficient (Wildman–Crippen LogP) is 2.91. The van der Waals surface area contributed by atoms with Crippen LogP contribution in [0.3, 0.4) is 0 Å². The Morgan fingerprint density at radius 2 is 1.66 bits per heavy atom. The number of halogens is 2. The van der Waals surface area contributed by atoms with E-state index in [2.05, 4.69) is 30.6 Å². The first-order valence-corrected chi connectivity index (χ1v) is 14.1. The van der Waals surface area contributed by atoms with Crippen LogP contribution in [-0.4, -0.2) is 113 Å². The van der Waals surface area contributed by atoms with Gasteiger partial charge in [0.15, 0.2) is 5.82 Å². The fourth-order valence-electron chi connectivity index (χ4n) is 5.13. The lowest BCUT2D eigenvalue weighted by molar-refractivity contribution is 0.122. The van der Waals surface area contributed by atoms with Crippen molar-refractivity contribution in [2.45, 2.75) is 44.2 Å². The number of aromatic nitrogens is 5. The average Bonchev–Trinajstić information content (AvgIpc) is 3.37. The van der Waals surface area contributed by atoms with Gasteiger partial charge in [0.1, 0.15) is 0 Å². The first-order valence-electron chi connectivity index (χ1n) is 14.1. The van der Waals surface area contributed by atoms with Gasteiger partial charge in [-0.2, -0.15) is 15.0 Å². The molecule has 2 fully saturated rings. The quantitative estimate of drug-likeness (QED) is 0.399. The van der Waals surface area contributed by atoms with Crippen LogP contribution in [0.5, 0.6) is 0 Å². The molecule has 12 nitrogen and oxygen atoms in total. The largest absolute Gasteiger partial charge is 0.378 e. The molecular formula is C27H38F2N10O2. The molecule has 3 aromatic rings. The molecule has 0 atom stereocenters. The smallest absolute Gasteiger partial charge is 0.317 e. The van der Waals surface area contributed by atoms with Crippen LogP contribution in [-0.2, 0) is 4.74 Å². The summed E-state index contributed by atoms with van der Waals surface area (Å²) in [5.41, 5.74) is 0.943. The molecule has 1 saturated heterocycles. The van der Waals surface area contributed by atoms with Crippen molar-refractivity contribution in [1.29, 1.82) is 0 Å². The van der Waals surface area contributed by atoms with Crippen LogP contribution in [0.15, 0.2) is 24.3 Å². The Morgan fingerprint density at radius 1 is 0.976 bits per heavy atom. The maximum atomic E-state index is 14.1. The Balaban J connectivity index is 1.33. The van der Waals surface area contributed by atoms with Crippen LogP contribution in [0.2, 0.25) is 0 Å². The maximum absolute atomic E-state index is 14.1. The van der Waals surface area contributed by atoms with Crippen LogP contribution in [0.4, 0.5) is 25.5 Å². The minimum Gasteiger partial charge on any atom is -0.378 e. The summed E-state index contributed by atoms with van der Waals surface area (Å²) in [4.78, 5) is 36.4. The van der Waals surface area contributed by atoms with Gasteiger partial charge < -0.3 is 30.1 Å². The topological polar surface area (TPSA) is 117 Å². The number of rotatable bonds is 9. The van der Waals surface area contributed by atoms with Crippen LogP contribution < -0.4 is 15.5 Å². The highest BCUT2D eigenvalue weighted by molar-refractivity contribution is 5.77. The van der Waals surface area contributed by atoms with Crippen molar-refractivity contribution in [3.63, 3.8) is 0 Å². The molecule has 0 spiro atoms. The van der Waals surface area contributed by atoms with E-state index < -0.39 is 12.2 Å². The number of ether oxygens (including phenoxy) is 1. The lowest BCUT2D eigenvalue weighted by Gasteiger charge is -2.31. The Kier molecular flexibility index (Phi) is 9.08. The fraction of sp³-hybridized carbons (Fsp3) is 0.593. The van der Waals surface area contributed by atoms with Crippen molar-refractivity contribution in [3.05, 3.63) is 30.1 Å². The number of nitrogens with one attached hydrogen (secondary N) is 2. The number of imidazole rings is 1. The van der Waals surface area contributed by atoms with Gasteiger partial charge in [-0.05, 0) is 51.9 Å². The standard InChI is InChI=1S/C27H38F2N10O2/c1-36(2)12-13-37(3)27(40)31-19-10-8-18(9-11-19)30-24-33-25(38-14-16-41-17-15-38)35-26(34-24)39-21-7-5-4-6-20(21)32-23(39)22(28)29/h4-7,18-19,22H,8-17H2,1-3H3,(H,31,40)(H,30,33,34,35). The number of carbonyl (C=O) groups excluding carboxylic acids is 1. The molecule has 1 aliphatic heterocycles. The molecule has 222 valence electrons. The van der Waals surface area contributed by atoms with Crippen LogP contribution in [0.1, 0.15) is 37.9 Å². The van der Waals surface area contributed by atoms with Gasteiger partial charge in [0.05, 0.1) is 24.2 Å². The number of morpholine rings is 1. The molecule has 0 bridgehead atoms. The molecule has 0 unspecified atom stereocenters. The molecule has 14 heteroatoms. The Bertz CT molecular complexity index is 1320. The second kappa shape index (κ2) is 12.9. The number of alkyl halides is 2. The molecule has 2 aliphatic rings. The van der Waals surface area contributed by atoms with Crippen molar-refractivity contribution in [2.75, 3.05) is 70.8 Å². The van der Waals surface area contributed by atoms with E-state index in [-0.39, 0.29) is 24.1 Å². The van der Waals surface area contributed by atoms with Crippen molar-refractivity contribution >= 4 is 29.0 Å². The van der Waals surface area contributed by atoms with Gasteiger partial charge in [0, 0.05) is 45.3 Å². The second-order valence-electron chi connectivity index (χ2n) is 10.8. The summed E-state index contributed by atoms with van der Waals surface area (Å²) in [6, 6.07) is 7.04. The van der Waals surface area contributed by atoms with E-state index in [0.29, 0.717) is 55.8 Å². The van der Waals surface area contributed by atoms with Gasteiger partial charge in [0.25, 0.3) is 6.43 Å². The molecule has 41 heavy (non-hydrogen) atoms. The second-order valence-corrected chi connectivity index (χ2v) is 10.8. The third-order valence-electron chi connectivity index (χ3n) is 7.50. The zero-order valence-corrected chi connectivity index (χ0v) is 23.8. The normalized spacial score (nSPS) is 19.6. The number of carbonyl (C=O) groups is 1. The van der Waals surface area contributed by atoms with Gasteiger partial charge in [-0.25, -0.2) is 18.6 Å². The number of nitrogens with zero attached hydrogens (tertiary/aromatic N) is 8. The number of anilines is 2. The Labute approximate surface area is 238 Å². The molecule has 1 saturated carbocycles. The summed E-state index contributed by atoms with van der Waals surface area (Å²) in [6.45, 7) is 3.68. The van der Waals surface area contributed by atoms with Crippen LogP contribution in [0, 0.1) is 0 Å². The van der Waals surface area contributed by atoms with Gasteiger partial charge in [-0.3, -0.25) is 4.57 Å². The van der Waals surface area contributed by atoms with E-state index in [4.69, 9.17) is 4.74 Å². The average molecular weight is 573 g/mol. The molecule has 2 aromatic heterocycles. The third-order valence-corrected chi connectivity index (χ3v) is 7.50. The monoisotopic (exact) mass is 572 g/mol. The number of para-hydroxylation sites is 2. The minimum atomic E-state index is -2.81. The summed E-state index contributed by atoms with van der Waals surface area (Å²) in [7, 11) is 5.77. The number of likely N-dealkylation sites (N-methyl/N-ethyl adjacent to an activating group) is 2. The van der Waals surface area contributed by atoms with Gasteiger partial charge >= 0.3 is 6.03 Å². The molecule has 2 amide bonds.